The molecule has 0 saturated carbocycles. The Hall–Kier alpha value is -0.0909. The van der Waals surface area contributed by atoms with Crippen LogP contribution in [0.15, 0.2) is 48.5 Å². The topological polar surface area (TPSA) is 0 Å². The van der Waals surface area contributed by atoms with Crippen molar-refractivity contribution in [1.82, 2.24) is 0 Å². The smallest absolute Gasteiger partial charge is 1.00 e. The third-order valence-corrected chi connectivity index (χ3v) is 13.4. The van der Waals surface area contributed by atoms with Gasteiger partial charge in [-0.15, -0.1) is 0 Å². The summed E-state index contributed by atoms with van der Waals surface area (Å²) in [6, 6.07) is 2.39. The molecule has 0 spiro atoms. The van der Waals surface area contributed by atoms with E-state index in [1.807, 2.05) is 0 Å². The van der Waals surface area contributed by atoms with Crippen LogP contribution >= 0.6 is 0 Å². The quantitative estimate of drug-likeness (QED) is 0.371. The number of rotatable bonds is 2. The normalized spacial score (nSPS) is 15.8. The number of allylic oxidation sites excluding steroid dienone is 7. The summed E-state index contributed by atoms with van der Waals surface area (Å²) in [5.41, 5.74) is 6.55. The summed E-state index contributed by atoms with van der Waals surface area (Å²) in [7, 11) is 0. The van der Waals surface area contributed by atoms with Gasteiger partial charge < -0.3 is 12.4 Å². The fraction of sp³-hybridized carbons (Fsp3) is 0.567. The Kier molecular flexibility index (Phi) is 10.2. The molecule has 0 bridgehead atoms. The molecule has 1 aliphatic rings. The predicted octanol–water partition coefficient (Wildman–Crippen LogP) is 5.53. The first-order valence-corrected chi connectivity index (χ1v) is 16.0. The zero-order valence-electron chi connectivity index (χ0n) is 23.2. The van der Waals surface area contributed by atoms with E-state index < -0.39 is 0 Å². The first-order valence-electron chi connectivity index (χ1n) is 11.8. The van der Waals surface area contributed by atoms with E-state index in [-0.39, 0.29) is 54.5 Å². The minimum atomic E-state index is -0.238. The molecular formula is C30H45ClSeTe. The van der Waals surface area contributed by atoms with Crippen molar-refractivity contribution in [3.05, 3.63) is 63.2 Å². The van der Waals surface area contributed by atoms with Gasteiger partial charge in [0, 0.05) is 0 Å². The molecule has 2 rings (SSSR count). The van der Waals surface area contributed by atoms with Gasteiger partial charge in [-0.1, -0.05) is 0 Å². The first kappa shape index (κ1) is 30.9. The average Bonchev–Trinajstić information content (AvgIpc) is 2.62. The van der Waals surface area contributed by atoms with Crippen molar-refractivity contribution in [3.63, 3.8) is 0 Å². The fourth-order valence-corrected chi connectivity index (χ4v) is 9.81. The molecule has 0 N–H and O–H groups in total. The summed E-state index contributed by atoms with van der Waals surface area (Å²) < 4.78 is 7.37. The molecule has 0 atom stereocenters. The molecule has 0 nitrogen and oxygen atoms in total. The molecule has 1 aromatic rings. The van der Waals surface area contributed by atoms with Crippen LogP contribution in [-0.2, 0) is 10.8 Å². The molecule has 1 aromatic heterocycles. The zero-order chi connectivity index (χ0) is 24.7. The number of hydrogen-bond donors (Lipinski definition) is 0. The molecule has 0 fully saturated rings. The Balaban J connectivity index is 0.00000544. The zero-order valence-corrected chi connectivity index (χ0v) is 28.0. The molecule has 2 heterocycles. The van der Waals surface area contributed by atoms with Crippen LogP contribution in [0.2, 0.25) is 0 Å². The van der Waals surface area contributed by atoms with E-state index in [1.165, 1.54) is 16.7 Å². The molecule has 0 radical (unpaired) electrons. The van der Waals surface area contributed by atoms with E-state index in [9.17, 15) is 0 Å². The third-order valence-electron chi connectivity index (χ3n) is 5.62. The molecule has 0 saturated heterocycles. The van der Waals surface area contributed by atoms with Crippen molar-refractivity contribution in [2.75, 3.05) is 0 Å². The Bertz CT molecular complexity index is 946. The van der Waals surface area contributed by atoms with Gasteiger partial charge in [-0.3, -0.25) is 0 Å². The van der Waals surface area contributed by atoms with Gasteiger partial charge in [0.2, 0.25) is 0 Å². The fourth-order valence-electron chi connectivity index (χ4n) is 3.69. The van der Waals surface area contributed by atoms with Crippen molar-refractivity contribution < 1.29 is 12.4 Å². The van der Waals surface area contributed by atoms with Gasteiger partial charge in [0.1, 0.15) is 0 Å². The Labute approximate surface area is 227 Å². The number of hydrogen-bond acceptors (Lipinski definition) is 0. The summed E-state index contributed by atoms with van der Waals surface area (Å²) >= 11 is 0.192. The van der Waals surface area contributed by atoms with Gasteiger partial charge >= 0.3 is 216 Å². The van der Waals surface area contributed by atoms with Crippen LogP contribution in [0.1, 0.15) is 105 Å². The predicted molar refractivity (Wildman–Crippen MR) is 148 cm³/mol. The molecule has 0 amide bonds. The molecule has 0 aliphatic carbocycles. The largest absolute Gasteiger partial charge is 1.00 e. The molecule has 1 aliphatic heterocycles. The standard InChI is InChI=1S/C30H45SeTe.ClH/c1-20(22-18-23(27(2,3)4)31-24(19-22)28(5,6)7)14-15-21-16-17-32-26(30(11,12)13)25(21)29(8,9)10;/h14-19H,1-13H3;1H/q+1;/p-1. The van der Waals surface area contributed by atoms with Crippen molar-refractivity contribution in [2.24, 2.45) is 10.8 Å². The van der Waals surface area contributed by atoms with Gasteiger partial charge in [-0.2, -0.15) is 0 Å². The van der Waals surface area contributed by atoms with Crippen molar-refractivity contribution in [2.45, 2.75) is 101 Å². The molecule has 0 unspecified atom stereocenters. The van der Waals surface area contributed by atoms with Crippen LogP contribution in [0.5, 0.6) is 0 Å². The van der Waals surface area contributed by atoms with E-state index in [4.69, 9.17) is 0 Å². The molecule has 0 aromatic carbocycles. The SMILES string of the molecule is CC(C=Cc1cc[te+]c(C(C)(C)C)c1C(C)(C)C)=C1C=C(C(C)(C)C)[Se]C(C(C)(C)C)=C1.[Cl-]. The van der Waals surface area contributed by atoms with Gasteiger partial charge in [-0.05, 0) is 0 Å². The second-order valence-electron chi connectivity index (χ2n) is 13.2. The maximum Gasteiger partial charge on any atom is -1.00 e. The number of halogens is 1. The summed E-state index contributed by atoms with van der Waals surface area (Å²) in [6.07, 6.45) is 9.69. The van der Waals surface area contributed by atoms with E-state index in [1.54, 1.807) is 18.1 Å². The second-order valence-corrected chi connectivity index (χ2v) is 18.1. The maximum atomic E-state index is 2.48. The summed E-state index contributed by atoms with van der Waals surface area (Å²) in [6.45, 7) is 30.7. The molecule has 33 heavy (non-hydrogen) atoms. The summed E-state index contributed by atoms with van der Waals surface area (Å²) in [5, 5.41) is 0. The van der Waals surface area contributed by atoms with Crippen LogP contribution in [-0.4, -0.2) is 35.4 Å². The minimum Gasteiger partial charge on any atom is -1.00 e. The van der Waals surface area contributed by atoms with Crippen LogP contribution < -0.4 is 12.4 Å². The van der Waals surface area contributed by atoms with Crippen molar-refractivity contribution >= 4 is 41.5 Å². The first-order chi connectivity index (χ1) is 14.3. The summed E-state index contributed by atoms with van der Waals surface area (Å²) in [4.78, 5) is 0. The second kappa shape index (κ2) is 10.9. The molecule has 3 heteroatoms. The van der Waals surface area contributed by atoms with E-state index in [0.29, 0.717) is 15.0 Å². The third kappa shape index (κ3) is 8.23. The Morgan fingerprint density at radius 2 is 1.24 bits per heavy atom. The van der Waals surface area contributed by atoms with Crippen LogP contribution in [0, 0.1) is 10.8 Å². The van der Waals surface area contributed by atoms with Gasteiger partial charge in [-0.25, -0.2) is 0 Å². The minimum absolute atomic E-state index is 0. The van der Waals surface area contributed by atoms with Crippen LogP contribution in [0.3, 0.4) is 0 Å². The van der Waals surface area contributed by atoms with E-state index >= 15 is 0 Å². The van der Waals surface area contributed by atoms with Crippen molar-refractivity contribution in [1.29, 1.82) is 0 Å². The molecule has 184 valence electrons. The van der Waals surface area contributed by atoms with Crippen LogP contribution in [0.25, 0.3) is 6.08 Å². The summed E-state index contributed by atoms with van der Waals surface area (Å²) in [5.74, 6) is 0. The maximum absolute atomic E-state index is 2.48. The van der Waals surface area contributed by atoms with Crippen LogP contribution in [0.4, 0.5) is 0 Å². The van der Waals surface area contributed by atoms with Gasteiger partial charge in [0.25, 0.3) is 0 Å². The van der Waals surface area contributed by atoms with E-state index in [2.05, 4.69) is 124 Å². The Morgan fingerprint density at radius 3 is 1.64 bits per heavy atom. The van der Waals surface area contributed by atoms with Crippen molar-refractivity contribution in [3.8, 4) is 0 Å². The van der Waals surface area contributed by atoms with E-state index in [0.717, 1.165) is 0 Å². The average molecular weight is 648 g/mol. The van der Waals surface area contributed by atoms with Gasteiger partial charge in [0.15, 0.2) is 0 Å². The Morgan fingerprint density at radius 1 is 0.758 bits per heavy atom. The monoisotopic (exact) mass is 650 g/mol. The molecular weight excluding hydrogens is 602 g/mol. The van der Waals surface area contributed by atoms with Gasteiger partial charge in [0.05, 0.1) is 0 Å².